The molecule has 102 valence electrons. The maximum Gasteiger partial charge on any atom is 0.271 e. The average Bonchev–Trinajstić information content (AvgIpc) is 2.48. The minimum Gasteiger partial charge on any atom is -0.267 e. The fourth-order valence-electron chi connectivity index (χ4n) is 1.73. The number of nitrogens with zero attached hydrogens (tertiary/aromatic N) is 2. The monoisotopic (exact) mass is 267 g/mol. The van der Waals surface area contributed by atoms with E-state index in [1.807, 2.05) is 19.1 Å². The Morgan fingerprint density at radius 2 is 1.75 bits per heavy atom. The van der Waals surface area contributed by atoms with Crippen LogP contribution in [-0.4, -0.2) is 16.6 Å². The van der Waals surface area contributed by atoms with Gasteiger partial charge in [0.15, 0.2) is 0 Å². The lowest BCUT2D eigenvalue weighted by atomic mass is 10.0. The van der Waals surface area contributed by atoms with Crippen LogP contribution in [0.3, 0.4) is 0 Å². The highest BCUT2D eigenvalue weighted by atomic mass is 16.2. The number of hydrogen-bond acceptors (Lipinski definition) is 3. The first kappa shape index (κ1) is 13.9. The van der Waals surface area contributed by atoms with E-state index in [2.05, 4.69) is 35.4 Å². The number of aryl methyl sites for hydroxylation is 2. The van der Waals surface area contributed by atoms with Crippen molar-refractivity contribution in [1.82, 2.24) is 10.4 Å². The highest BCUT2D eigenvalue weighted by Gasteiger charge is 2.04. The van der Waals surface area contributed by atoms with Crippen LogP contribution in [-0.2, 0) is 0 Å². The van der Waals surface area contributed by atoms with Crippen LogP contribution in [0.2, 0.25) is 0 Å². The van der Waals surface area contributed by atoms with Crippen LogP contribution in [0.5, 0.6) is 0 Å². The molecule has 1 N–H and O–H groups in total. The van der Waals surface area contributed by atoms with Gasteiger partial charge in [-0.25, -0.2) is 5.43 Å². The number of rotatable bonds is 3. The number of hydrazone groups is 1. The van der Waals surface area contributed by atoms with E-state index >= 15 is 0 Å². The van der Waals surface area contributed by atoms with E-state index in [1.54, 1.807) is 24.5 Å². The SMILES string of the molecule is CC(=NNC(=O)c1ccncc1)c1ccc(C)c(C)c1. The number of nitrogens with one attached hydrogen (secondary N) is 1. The maximum absolute atomic E-state index is 11.9. The molecule has 2 rings (SSSR count). The molecule has 1 aromatic heterocycles. The third kappa shape index (κ3) is 3.29. The molecule has 0 unspecified atom stereocenters. The van der Waals surface area contributed by atoms with Crippen molar-refractivity contribution >= 4 is 11.6 Å². The first-order valence-electron chi connectivity index (χ1n) is 6.40. The number of aromatic nitrogens is 1. The quantitative estimate of drug-likeness (QED) is 0.686. The van der Waals surface area contributed by atoms with Crippen molar-refractivity contribution in [2.24, 2.45) is 5.10 Å². The number of carbonyl (C=O) groups excluding carboxylic acids is 1. The molecule has 0 spiro atoms. The van der Waals surface area contributed by atoms with Crippen molar-refractivity contribution in [2.75, 3.05) is 0 Å². The summed E-state index contributed by atoms with van der Waals surface area (Å²) in [7, 11) is 0. The molecule has 0 fully saturated rings. The summed E-state index contributed by atoms with van der Waals surface area (Å²) in [6.45, 7) is 6.00. The third-order valence-electron chi connectivity index (χ3n) is 3.19. The van der Waals surface area contributed by atoms with Crippen LogP contribution in [0.15, 0.2) is 47.8 Å². The van der Waals surface area contributed by atoms with E-state index in [0.29, 0.717) is 5.56 Å². The van der Waals surface area contributed by atoms with Crippen molar-refractivity contribution in [3.63, 3.8) is 0 Å². The second-order valence-corrected chi connectivity index (χ2v) is 4.67. The van der Waals surface area contributed by atoms with Gasteiger partial charge in [0.25, 0.3) is 5.91 Å². The van der Waals surface area contributed by atoms with Crippen molar-refractivity contribution in [3.8, 4) is 0 Å². The van der Waals surface area contributed by atoms with Crippen LogP contribution in [0.4, 0.5) is 0 Å². The number of benzene rings is 1. The van der Waals surface area contributed by atoms with Crippen molar-refractivity contribution in [2.45, 2.75) is 20.8 Å². The molecular weight excluding hydrogens is 250 g/mol. The molecular formula is C16H17N3O. The van der Waals surface area contributed by atoms with Gasteiger partial charge in [0, 0.05) is 18.0 Å². The lowest BCUT2D eigenvalue weighted by molar-refractivity contribution is 0.0954. The van der Waals surface area contributed by atoms with Crippen LogP contribution in [0, 0.1) is 13.8 Å². The lowest BCUT2D eigenvalue weighted by Gasteiger charge is -2.05. The summed E-state index contributed by atoms with van der Waals surface area (Å²) in [6, 6.07) is 9.41. The molecule has 0 bridgehead atoms. The molecule has 0 aliphatic carbocycles. The summed E-state index contributed by atoms with van der Waals surface area (Å²) in [6.07, 6.45) is 3.16. The molecule has 4 nitrogen and oxygen atoms in total. The highest BCUT2D eigenvalue weighted by molar-refractivity contribution is 6.00. The van der Waals surface area contributed by atoms with E-state index in [0.717, 1.165) is 11.3 Å². The van der Waals surface area contributed by atoms with Gasteiger partial charge in [-0.2, -0.15) is 5.10 Å². The molecule has 0 saturated heterocycles. The normalized spacial score (nSPS) is 11.2. The Kier molecular flexibility index (Phi) is 4.25. The summed E-state index contributed by atoms with van der Waals surface area (Å²) >= 11 is 0. The second-order valence-electron chi connectivity index (χ2n) is 4.67. The molecule has 0 radical (unpaired) electrons. The number of carbonyl (C=O) groups is 1. The fraction of sp³-hybridized carbons (Fsp3) is 0.188. The molecule has 0 aliphatic rings. The molecule has 1 amide bonds. The van der Waals surface area contributed by atoms with Gasteiger partial charge in [-0.15, -0.1) is 0 Å². The van der Waals surface area contributed by atoms with E-state index in [1.165, 1.54) is 11.1 Å². The lowest BCUT2D eigenvalue weighted by Crippen LogP contribution is -2.19. The van der Waals surface area contributed by atoms with Crippen LogP contribution < -0.4 is 5.43 Å². The minimum absolute atomic E-state index is 0.240. The van der Waals surface area contributed by atoms with E-state index in [-0.39, 0.29) is 5.91 Å². The van der Waals surface area contributed by atoms with Gasteiger partial charge in [-0.1, -0.05) is 12.1 Å². The first-order chi connectivity index (χ1) is 9.58. The molecule has 20 heavy (non-hydrogen) atoms. The first-order valence-corrected chi connectivity index (χ1v) is 6.40. The van der Waals surface area contributed by atoms with Gasteiger partial charge in [0.2, 0.25) is 0 Å². The van der Waals surface area contributed by atoms with Crippen LogP contribution >= 0.6 is 0 Å². The van der Waals surface area contributed by atoms with Gasteiger partial charge in [-0.05, 0) is 55.7 Å². The number of pyridine rings is 1. The Bertz CT molecular complexity index is 648. The summed E-state index contributed by atoms with van der Waals surface area (Å²) in [5, 5.41) is 4.14. The summed E-state index contributed by atoms with van der Waals surface area (Å²) < 4.78 is 0. The van der Waals surface area contributed by atoms with Crippen molar-refractivity contribution in [3.05, 3.63) is 65.0 Å². The largest absolute Gasteiger partial charge is 0.271 e. The van der Waals surface area contributed by atoms with Crippen LogP contribution in [0.25, 0.3) is 0 Å². The van der Waals surface area contributed by atoms with Gasteiger partial charge >= 0.3 is 0 Å². The summed E-state index contributed by atoms with van der Waals surface area (Å²) in [5.74, 6) is -0.240. The Labute approximate surface area is 118 Å². The standard InChI is InChI=1S/C16H17N3O/c1-11-4-5-15(10-12(11)2)13(3)18-19-16(20)14-6-8-17-9-7-14/h4-10H,1-3H3,(H,19,20). The Morgan fingerprint density at radius 1 is 1.05 bits per heavy atom. The minimum atomic E-state index is -0.240. The average molecular weight is 267 g/mol. The van der Waals surface area contributed by atoms with Gasteiger partial charge < -0.3 is 0 Å². The predicted octanol–water partition coefficient (Wildman–Crippen LogP) is 2.85. The molecule has 0 atom stereocenters. The Morgan fingerprint density at radius 3 is 2.40 bits per heavy atom. The van der Waals surface area contributed by atoms with Crippen molar-refractivity contribution in [1.29, 1.82) is 0 Å². The zero-order chi connectivity index (χ0) is 14.5. The molecule has 0 saturated carbocycles. The third-order valence-corrected chi connectivity index (χ3v) is 3.19. The molecule has 0 aliphatic heterocycles. The fourth-order valence-corrected chi connectivity index (χ4v) is 1.73. The molecule has 1 aromatic carbocycles. The molecule has 4 heteroatoms. The van der Waals surface area contributed by atoms with E-state index in [9.17, 15) is 4.79 Å². The van der Waals surface area contributed by atoms with Gasteiger partial charge in [0.05, 0.1) is 5.71 Å². The van der Waals surface area contributed by atoms with Gasteiger partial charge in [0.1, 0.15) is 0 Å². The highest BCUT2D eigenvalue weighted by Crippen LogP contribution is 2.10. The Balaban J connectivity index is 2.11. The number of hydrogen-bond donors (Lipinski definition) is 1. The molecule has 2 aromatic rings. The summed E-state index contributed by atoms with van der Waals surface area (Å²) in [5.41, 5.74) is 7.31. The van der Waals surface area contributed by atoms with E-state index < -0.39 is 0 Å². The van der Waals surface area contributed by atoms with Gasteiger partial charge in [-0.3, -0.25) is 9.78 Å². The second kappa shape index (κ2) is 6.10. The van der Waals surface area contributed by atoms with E-state index in [4.69, 9.17) is 0 Å². The molecule has 1 heterocycles. The van der Waals surface area contributed by atoms with Crippen molar-refractivity contribution < 1.29 is 4.79 Å². The number of amides is 1. The predicted molar refractivity (Wildman–Crippen MR) is 79.8 cm³/mol. The zero-order valence-electron chi connectivity index (χ0n) is 11.8. The Hall–Kier alpha value is -2.49. The zero-order valence-corrected chi connectivity index (χ0v) is 11.8. The maximum atomic E-state index is 11.9. The summed E-state index contributed by atoms with van der Waals surface area (Å²) in [4.78, 5) is 15.7. The topological polar surface area (TPSA) is 54.4 Å². The van der Waals surface area contributed by atoms with Crippen LogP contribution in [0.1, 0.15) is 34.0 Å². The smallest absolute Gasteiger partial charge is 0.267 e.